The fourth-order valence-corrected chi connectivity index (χ4v) is 1.42. The Bertz CT molecular complexity index is 436. The number of hydrogen-bond donors (Lipinski definition) is 1. The number of halogens is 3. The third-order valence-corrected chi connectivity index (χ3v) is 2.74. The number of nitrogens with one attached hydrogen (secondary N) is 1. The average molecular weight is 310 g/mol. The first-order chi connectivity index (χ1) is 6.56. The first-order valence-corrected chi connectivity index (χ1v) is 4.71. The summed E-state index contributed by atoms with van der Waals surface area (Å²) in [4.78, 5) is 13.5. The van der Waals surface area contributed by atoms with E-state index in [-0.39, 0.29) is 15.7 Å². The van der Waals surface area contributed by atoms with Crippen molar-refractivity contribution in [3.8, 4) is 6.07 Å². The second-order valence-corrected chi connectivity index (χ2v) is 3.60. The van der Waals surface area contributed by atoms with Crippen LogP contribution in [0.15, 0.2) is 10.9 Å². The lowest BCUT2D eigenvalue weighted by molar-refractivity contribution is 0.145. The van der Waals surface area contributed by atoms with E-state index in [0.717, 1.165) is 6.07 Å². The Kier molecular flexibility index (Phi) is 3.57. The average Bonchev–Trinajstić information content (AvgIpc) is 2.12. The van der Waals surface area contributed by atoms with Crippen molar-refractivity contribution in [2.75, 3.05) is 0 Å². The van der Waals surface area contributed by atoms with Gasteiger partial charge in [-0.1, -0.05) is 0 Å². The fourth-order valence-electron chi connectivity index (χ4n) is 0.937. The minimum Gasteiger partial charge on any atom is -0.356 e. The van der Waals surface area contributed by atoms with Gasteiger partial charge in [0.2, 0.25) is 0 Å². The van der Waals surface area contributed by atoms with Gasteiger partial charge in [-0.05, 0) is 22.6 Å². The number of aromatic amines is 1. The van der Waals surface area contributed by atoms with Gasteiger partial charge in [-0.3, -0.25) is 4.79 Å². The highest BCUT2D eigenvalue weighted by atomic mass is 127. The summed E-state index contributed by atoms with van der Waals surface area (Å²) in [5.41, 5.74) is -0.679. The molecule has 0 amide bonds. The Balaban J connectivity index is 3.30. The van der Waals surface area contributed by atoms with Crippen LogP contribution in [0, 0.1) is 14.9 Å². The highest BCUT2D eigenvalue weighted by molar-refractivity contribution is 14.1. The minimum absolute atomic E-state index is 0.0753. The van der Waals surface area contributed by atoms with Crippen molar-refractivity contribution in [2.45, 2.75) is 12.8 Å². The summed E-state index contributed by atoms with van der Waals surface area (Å²) in [6.45, 7) is 0. The number of pyridine rings is 1. The topological polar surface area (TPSA) is 56.6 Å². The number of alkyl halides is 2. The van der Waals surface area contributed by atoms with E-state index in [1.54, 1.807) is 28.7 Å². The zero-order chi connectivity index (χ0) is 10.7. The smallest absolute Gasteiger partial charge is 0.278 e. The fraction of sp³-hybridized carbons (Fsp3) is 0.250. The summed E-state index contributed by atoms with van der Waals surface area (Å²) >= 11 is 1.73. The summed E-state index contributed by atoms with van der Waals surface area (Å²) in [7, 11) is 0. The van der Waals surface area contributed by atoms with Gasteiger partial charge in [-0.25, -0.2) is 8.78 Å². The van der Waals surface area contributed by atoms with Crippen LogP contribution >= 0.6 is 22.6 Å². The maximum atomic E-state index is 12.2. The Morgan fingerprint density at radius 1 is 1.64 bits per heavy atom. The first kappa shape index (κ1) is 11.1. The third-order valence-electron chi connectivity index (χ3n) is 1.55. The Labute approximate surface area is 91.9 Å². The van der Waals surface area contributed by atoms with Crippen LogP contribution in [-0.2, 0) is 6.42 Å². The Morgan fingerprint density at radius 3 is 2.79 bits per heavy atom. The van der Waals surface area contributed by atoms with Gasteiger partial charge in [-0.2, -0.15) is 5.26 Å². The van der Waals surface area contributed by atoms with Gasteiger partial charge in [0, 0.05) is 11.8 Å². The van der Waals surface area contributed by atoms with Crippen LogP contribution in [0.5, 0.6) is 0 Å². The van der Waals surface area contributed by atoms with Gasteiger partial charge >= 0.3 is 0 Å². The van der Waals surface area contributed by atoms with E-state index in [4.69, 9.17) is 5.26 Å². The molecule has 1 N–H and O–H groups in total. The van der Waals surface area contributed by atoms with E-state index in [1.165, 1.54) is 0 Å². The second-order valence-electron chi connectivity index (χ2n) is 2.52. The molecule has 0 bridgehead atoms. The second kappa shape index (κ2) is 4.50. The first-order valence-electron chi connectivity index (χ1n) is 3.63. The number of H-pyrrole nitrogens is 1. The summed E-state index contributed by atoms with van der Waals surface area (Å²) in [5, 5.41) is 8.40. The van der Waals surface area contributed by atoms with Gasteiger partial charge in [-0.15, -0.1) is 0 Å². The molecule has 0 aromatic carbocycles. The van der Waals surface area contributed by atoms with Crippen molar-refractivity contribution in [3.63, 3.8) is 0 Å². The number of nitriles is 1. The molecule has 0 aliphatic heterocycles. The Morgan fingerprint density at radius 2 is 2.29 bits per heavy atom. The van der Waals surface area contributed by atoms with Crippen LogP contribution < -0.4 is 5.43 Å². The normalized spacial score (nSPS) is 10.2. The van der Waals surface area contributed by atoms with Gasteiger partial charge in [0.1, 0.15) is 0 Å². The molecule has 0 spiro atoms. The SMILES string of the molecule is N#CCc1[nH]c(C(F)F)cc(=O)c1I. The molecule has 1 rings (SSSR count). The molecular weight excluding hydrogens is 305 g/mol. The number of nitrogens with zero attached hydrogens (tertiary/aromatic N) is 1. The monoisotopic (exact) mass is 310 g/mol. The van der Waals surface area contributed by atoms with Crippen molar-refractivity contribution in [1.29, 1.82) is 5.26 Å². The minimum atomic E-state index is -2.72. The maximum Gasteiger partial charge on any atom is 0.278 e. The zero-order valence-corrected chi connectivity index (χ0v) is 9.01. The van der Waals surface area contributed by atoms with Crippen molar-refractivity contribution in [2.24, 2.45) is 0 Å². The lowest BCUT2D eigenvalue weighted by Crippen LogP contribution is -2.12. The molecule has 1 aromatic heterocycles. The third kappa shape index (κ3) is 2.29. The molecule has 0 saturated carbocycles. The molecule has 0 fully saturated rings. The molecule has 0 aliphatic rings. The highest BCUT2D eigenvalue weighted by Crippen LogP contribution is 2.16. The van der Waals surface area contributed by atoms with E-state index in [9.17, 15) is 13.6 Å². The van der Waals surface area contributed by atoms with Crippen molar-refractivity contribution < 1.29 is 8.78 Å². The molecule has 0 aliphatic carbocycles. The van der Waals surface area contributed by atoms with E-state index >= 15 is 0 Å². The summed E-state index contributed by atoms with van der Waals surface area (Å²) in [6.07, 6.45) is -2.80. The predicted molar refractivity (Wildman–Crippen MR) is 54.1 cm³/mol. The molecule has 3 nitrogen and oxygen atoms in total. The zero-order valence-electron chi connectivity index (χ0n) is 6.85. The molecule has 14 heavy (non-hydrogen) atoms. The molecule has 0 atom stereocenters. The van der Waals surface area contributed by atoms with Crippen molar-refractivity contribution in [1.82, 2.24) is 4.98 Å². The van der Waals surface area contributed by atoms with E-state index in [2.05, 4.69) is 4.98 Å². The molecular formula is C8H5F2IN2O. The Hall–Kier alpha value is -0.970. The number of hydrogen-bond acceptors (Lipinski definition) is 2. The van der Waals surface area contributed by atoms with Crippen LogP contribution in [0.4, 0.5) is 8.78 Å². The highest BCUT2D eigenvalue weighted by Gasteiger charge is 2.12. The molecule has 6 heteroatoms. The molecule has 1 aromatic rings. The molecule has 0 radical (unpaired) electrons. The van der Waals surface area contributed by atoms with Gasteiger partial charge in [0.05, 0.1) is 21.8 Å². The largest absolute Gasteiger partial charge is 0.356 e. The standard InChI is InChI=1S/C8H5F2IN2O/c9-8(10)5-3-6(14)7(11)4(13-5)1-2-12/h3,8H,1H2,(H,13,14). The van der Waals surface area contributed by atoms with Crippen molar-refractivity contribution in [3.05, 3.63) is 31.2 Å². The van der Waals surface area contributed by atoms with Crippen LogP contribution in [0.1, 0.15) is 17.8 Å². The van der Waals surface area contributed by atoms with Crippen LogP contribution in [0.3, 0.4) is 0 Å². The van der Waals surface area contributed by atoms with Crippen LogP contribution in [-0.4, -0.2) is 4.98 Å². The van der Waals surface area contributed by atoms with Crippen molar-refractivity contribution >= 4 is 22.6 Å². The van der Waals surface area contributed by atoms with Gasteiger partial charge in [0.25, 0.3) is 6.43 Å². The molecule has 1 heterocycles. The van der Waals surface area contributed by atoms with Crippen LogP contribution in [0.25, 0.3) is 0 Å². The molecule has 0 saturated heterocycles. The molecule has 0 unspecified atom stereocenters. The summed E-state index contributed by atoms with van der Waals surface area (Å²) < 4.78 is 24.8. The van der Waals surface area contributed by atoms with Gasteiger partial charge in [0.15, 0.2) is 5.43 Å². The van der Waals surface area contributed by atoms with E-state index in [1.807, 2.05) is 0 Å². The van der Waals surface area contributed by atoms with E-state index < -0.39 is 17.5 Å². The van der Waals surface area contributed by atoms with Crippen LogP contribution in [0.2, 0.25) is 0 Å². The predicted octanol–water partition coefficient (Wildman–Crippen LogP) is 1.98. The quantitative estimate of drug-likeness (QED) is 0.849. The van der Waals surface area contributed by atoms with E-state index in [0.29, 0.717) is 0 Å². The summed E-state index contributed by atoms with van der Waals surface area (Å²) in [5.74, 6) is 0. The van der Waals surface area contributed by atoms with Gasteiger partial charge < -0.3 is 4.98 Å². The summed E-state index contributed by atoms with van der Waals surface area (Å²) in [6, 6.07) is 2.65. The number of rotatable bonds is 2. The lowest BCUT2D eigenvalue weighted by Gasteiger charge is -2.04. The lowest BCUT2D eigenvalue weighted by atomic mass is 10.2. The molecule has 74 valence electrons. The number of aromatic nitrogens is 1. The maximum absolute atomic E-state index is 12.2.